The van der Waals surface area contributed by atoms with Crippen LogP contribution in [0.1, 0.15) is 23.9 Å². The van der Waals surface area contributed by atoms with E-state index in [4.69, 9.17) is 27.6 Å². The van der Waals surface area contributed by atoms with Crippen molar-refractivity contribution in [3.63, 3.8) is 0 Å². The molecule has 0 aliphatic heterocycles. The summed E-state index contributed by atoms with van der Waals surface area (Å²) in [4.78, 5) is 23.1. The van der Waals surface area contributed by atoms with Crippen molar-refractivity contribution in [1.82, 2.24) is 10.9 Å². The van der Waals surface area contributed by atoms with Crippen LogP contribution < -0.4 is 10.9 Å². The zero-order valence-corrected chi connectivity index (χ0v) is 10.4. The molecule has 0 unspecified atom stereocenters. The van der Waals surface area contributed by atoms with Gasteiger partial charge in [0, 0.05) is 0 Å². The molecule has 7 heteroatoms. The molecule has 2 N–H and O–H groups in total. The Morgan fingerprint density at radius 2 is 2.06 bits per heavy atom. The number of hydrogen-bond acceptors (Lipinski definition) is 3. The number of carbonyl (C=O) groups excluding carboxylic acids is 2. The Morgan fingerprint density at radius 1 is 1.41 bits per heavy atom. The number of furan rings is 1. The zero-order chi connectivity index (χ0) is 12.7. The van der Waals surface area contributed by atoms with Gasteiger partial charge in [-0.25, -0.2) is 0 Å². The molecular formula is C10H10Cl2N2O3. The highest BCUT2D eigenvalue weighted by Crippen LogP contribution is 2.63. The Labute approximate surface area is 107 Å². The summed E-state index contributed by atoms with van der Waals surface area (Å²) in [6.07, 6.45) is 1.72. The molecule has 1 aliphatic rings. The number of rotatable bonds is 2. The molecule has 1 aromatic heterocycles. The first kappa shape index (κ1) is 12.3. The largest absolute Gasteiger partial charge is 0.459 e. The fraction of sp³-hybridized carbons (Fsp3) is 0.400. The summed E-state index contributed by atoms with van der Waals surface area (Å²) >= 11 is 11.7. The average Bonchev–Trinajstić information content (AvgIpc) is 2.73. The molecule has 5 nitrogen and oxygen atoms in total. The first-order valence-electron chi connectivity index (χ1n) is 4.89. The van der Waals surface area contributed by atoms with Gasteiger partial charge in [-0.15, -0.1) is 23.2 Å². The number of halogens is 2. The second-order valence-corrected chi connectivity index (χ2v) is 5.58. The summed E-state index contributed by atoms with van der Waals surface area (Å²) < 4.78 is 3.79. The maximum Gasteiger partial charge on any atom is 0.305 e. The molecule has 1 aromatic rings. The van der Waals surface area contributed by atoms with E-state index < -0.39 is 21.6 Å². The van der Waals surface area contributed by atoms with E-state index in [1.165, 1.54) is 12.3 Å². The average molecular weight is 277 g/mol. The fourth-order valence-corrected chi connectivity index (χ4v) is 2.07. The van der Waals surface area contributed by atoms with E-state index in [2.05, 4.69) is 10.9 Å². The van der Waals surface area contributed by atoms with Gasteiger partial charge in [0.25, 0.3) is 0 Å². The summed E-state index contributed by atoms with van der Waals surface area (Å²) in [6.45, 7) is 1.63. The molecule has 0 radical (unpaired) electrons. The van der Waals surface area contributed by atoms with Gasteiger partial charge in [0.05, 0.1) is 11.7 Å². The van der Waals surface area contributed by atoms with Crippen molar-refractivity contribution in [2.75, 3.05) is 0 Å². The van der Waals surface area contributed by atoms with Crippen molar-refractivity contribution in [1.29, 1.82) is 0 Å². The lowest BCUT2D eigenvalue weighted by Gasteiger charge is -2.12. The Balaban J connectivity index is 1.88. The number of alkyl halides is 2. The molecule has 1 saturated carbocycles. The summed E-state index contributed by atoms with van der Waals surface area (Å²) in [7, 11) is 0. The smallest absolute Gasteiger partial charge is 0.305 e. The van der Waals surface area contributed by atoms with Crippen LogP contribution in [0.5, 0.6) is 0 Å². The van der Waals surface area contributed by atoms with Gasteiger partial charge >= 0.3 is 5.91 Å². The highest BCUT2D eigenvalue weighted by atomic mass is 35.5. The highest BCUT2D eigenvalue weighted by Gasteiger charge is 2.68. The van der Waals surface area contributed by atoms with Gasteiger partial charge in [-0.2, -0.15) is 0 Å². The standard InChI is InChI=1S/C10H10Cl2N2O3/c1-9(5-10(9,11)12)8(16)14-13-7(15)6-3-2-4-17-6/h2-4H,5H2,1H3,(H,13,15)(H,14,16)/t9-/m1/s1. The molecule has 0 aromatic carbocycles. The lowest BCUT2D eigenvalue weighted by Crippen LogP contribution is -2.45. The number of hydrogen-bond donors (Lipinski definition) is 2. The summed E-state index contributed by atoms with van der Waals surface area (Å²) in [5.74, 6) is -0.862. The Kier molecular flexibility index (Phi) is 2.83. The van der Waals surface area contributed by atoms with Gasteiger partial charge in [0.1, 0.15) is 4.33 Å². The summed E-state index contributed by atoms with van der Waals surface area (Å²) in [5.41, 5.74) is 3.61. The van der Waals surface area contributed by atoms with Crippen LogP contribution >= 0.6 is 23.2 Å². The molecule has 1 fully saturated rings. The number of amides is 2. The van der Waals surface area contributed by atoms with Crippen LogP contribution in [0.4, 0.5) is 0 Å². The number of nitrogens with one attached hydrogen (secondary N) is 2. The van der Waals surface area contributed by atoms with E-state index in [0.717, 1.165) is 0 Å². The Hall–Kier alpha value is -1.20. The third-order valence-electron chi connectivity index (χ3n) is 2.79. The van der Waals surface area contributed by atoms with Gasteiger partial charge in [-0.3, -0.25) is 20.4 Å². The zero-order valence-electron chi connectivity index (χ0n) is 8.92. The topological polar surface area (TPSA) is 71.3 Å². The molecule has 2 rings (SSSR count). The van der Waals surface area contributed by atoms with Crippen LogP contribution in [-0.4, -0.2) is 16.1 Å². The lowest BCUT2D eigenvalue weighted by atomic mass is 10.1. The Bertz CT molecular complexity index is 458. The fourth-order valence-electron chi connectivity index (χ4n) is 1.37. The van der Waals surface area contributed by atoms with Crippen molar-refractivity contribution in [2.24, 2.45) is 5.41 Å². The second kappa shape index (κ2) is 3.92. The molecule has 92 valence electrons. The Morgan fingerprint density at radius 3 is 2.53 bits per heavy atom. The summed E-state index contributed by atoms with van der Waals surface area (Å²) in [6, 6.07) is 3.05. The maximum atomic E-state index is 11.7. The minimum absolute atomic E-state index is 0.106. The predicted octanol–water partition coefficient (Wildman–Crippen LogP) is 1.62. The van der Waals surface area contributed by atoms with Crippen LogP contribution in [0.3, 0.4) is 0 Å². The molecular weight excluding hydrogens is 267 g/mol. The van der Waals surface area contributed by atoms with Crippen molar-refractivity contribution in [3.8, 4) is 0 Å². The molecule has 1 heterocycles. The highest BCUT2D eigenvalue weighted by molar-refractivity contribution is 6.53. The predicted molar refractivity (Wildman–Crippen MR) is 61.5 cm³/mol. The molecule has 2 amide bonds. The van der Waals surface area contributed by atoms with Crippen molar-refractivity contribution in [3.05, 3.63) is 24.2 Å². The van der Waals surface area contributed by atoms with Crippen LogP contribution in [0.25, 0.3) is 0 Å². The van der Waals surface area contributed by atoms with Crippen molar-refractivity contribution >= 4 is 35.0 Å². The normalized spacial score (nSPS) is 25.1. The van der Waals surface area contributed by atoms with Gasteiger partial charge in [0.2, 0.25) is 5.91 Å². The van der Waals surface area contributed by atoms with Gasteiger partial charge in [0.15, 0.2) is 5.76 Å². The molecule has 0 saturated heterocycles. The monoisotopic (exact) mass is 276 g/mol. The molecule has 0 bridgehead atoms. The first-order chi connectivity index (χ1) is 7.87. The first-order valence-corrected chi connectivity index (χ1v) is 5.64. The van der Waals surface area contributed by atoms with Gasteiger partial charge in [-0.05, 0) is 25.5 Å². The van der Waals surface area contributed by atoms with Crippen LogP contribution in [0.15, 0.2) is 22.8 Å². The molecule has 1 aliphatic carbocycles. The van der Waals surface area contributed by atoms with Crippen molar-refractivity contribution < 1.29 is 14.0 Å². The quantitative estimate of drug-likeness (QED) is 0.637. The minimum atomic E-state index is -1.06. The molecule has 1 atom stereocenters. The van der Waals surface area contributed by atoms with Crippen LogP contribution in [-0.2, 0) is 4.79 Å². The maximum absolute atomic E-state index is 11.7. The SMILES string of the molecule is C[C@]1(C(=O)NNC(=O)c2ccco2)CC1(Cl)Cl. The second-order valence-electron chi connectivity index (χ2n) is 4.10. The number of hydrazine groups is 1. The molecule has 17 heavy (non-hydrogen) atoms. The van der Waals surface area contributed by atoms with E-state index in [-0.39, 0.29) is 5.76 Å². The van der Waals surface area contributed by atoms with E-state index in [9.17, 15) is 9.59 Å². The van der Waals surface area contributed by atoms with Gasteiger partial charge < -0.3 is 4.42 Å². The third-order valence-corrected chi connectivity index (χ3v) is 3.89. The summed E-state index contributed by atoms with van der Waals surface area (Å²) in [5, 5.41) is 0. The van der Waals surface area contributed by atoms with Crippen LogP contribution in [0.2, 0.25) is 0 Å². The van der Waals surface area contributed by atoms with Gasteiger partial charge in [-0.1, -0.05) is 0 Å². The molecule has 0 spiro atoms. The van der Waals surface area contributed by atoms with E-state index in [1.807, 2.05) is 0 Å². The van der Waals surface area contributed by atoms with E-state index in [0.29, 0.717) is 6.42 Å². The third kappa shape index (κ3) is 2.12. The van der Waals surface area contributed by atoms with E-state index >= 15 is 0 Å². The number of carbonyl (C=O) groups is 2. The minimum Gasteiger partial charge on any atom is -0.459 e. The lowest BCUT2D eigenvalue weighted by molar-refractivity contribution is -0.126. The van der Waals surface area contributed by atoms with E-state index in [1.54, 1.807) is 13.0 Å². The van der Waals surface area contributed by atoms with Crippen molar-refractivity contribution in [2.45, 2.75) is 17.7 Å². The van der Waals surface area contributed by atoms with Crippen LogP contribution in [0, 0.1) is 5.41 Å².